The summed E-state index contributed by atoms with van der Waals surface area (Å²) < 4.78 is 1.37. The molecule has 4 amide bonds. The predicted octanol–water partition coefficient (Wildman–Crippen LogP) is 2.01. The molecular formula is C18H24N7O3S2+. The molecule has 1 N–H and O–H groups in total. The van der Waals surface area contributed by atoms with Crippen LogP contribution in [0.25, 0.3) is 0 Å². The minimum atomic E-state index is -0.803. The summed E-state index contributed by atoms with van der Waals surface area (Å²) in [6, 6.07) is -0.444. The first kappa shape index (κ1) is 22.2. The number of rotatable bonds is 4. The number of hydrogen-bond donors (Lipinski definition) is 1. The highest BCUT2D eigenvalue weighted by atomic mass is 32.2. The first-order valence-electron chi connectivity index (χ1n) is 9.27. The number of hydrogen-bond acceptors (Lipinski definition) is 9. The van der Waals surface area contributed by atoms with Crippen LogP contribution in [0.3, 0.4) is 0 Å². The second-order valence-corrected chi connectivity index (χ2v) is 10.4. The lowest BCUT2D eigenvalue weighted by atomic mass is 9.91. The molecule has 0 fully saturated rings. The van der Waals surface area contributed by atoms with E-state index < -0.39 is 17.9 Å². The number of nitrogens with zero attached hydrogens (tertiary/aromatic N) is 6. The molecule has 0 aromatic carbocycles. The van der Waals surface area contributed by atoms with Crippen LogP contribution in [-0.2, 0) is 9.59 Å². The van der Waals surface area contributed by atoms with E-state index in [0.29, 0.717) is 28.3 Å². The second-order valence-electron chi connectivity index (χ2n) is 8.21. The predicted molar refractivity (Wildman–Crippen MR) is 118 cm³/mol. The zero-order chi connectivity index (χ0) is 22.2. The van der Waals surface area contributed by atoms with Crippen molar-refractivity contribution < 1.29 is 19.0 Å². The highest BCUT2D eigenvalue weighted by molar-refractivity contribution is 8.14. The third kappa shape index (κ3) is 4.81. The lowest BCUT2D eigenvalue weighted by Crippen LogP contribution is -2.54. The standard InChI is InChI=1S/C18H23N7O3S2/c1-9-22-23-16(30-9)21-11(26)8-29-14-12-13(19-10(20-14)7-18(2,3)4)24(5)17(28)25(6)15(12)27/h12H,7-8H2,1-6H3/p+1. The summed E-state index contributed by atoms with van der Waals surface area (Å²) in [5.41, 5.74) is -0.0867. The van der Waals surface area contributed by atoms with Crippen LogP contribution in [0, 0.1) is 18.3 Å². The molecule has 0 radical (unpaired) electrons. The molecule has 2 aliphatic heterocycles. The molecule has 3 heterocycles. The van der Waals surface area contributed by atoms with Gasteiger partial charge < -0.3 is 0 Å². The van der Waals surface area contributed by atoms with Gasteiger partial charge in [0, 0.05) is 6.42 Å². The van der Waals surface area contributed by atoms with E-state index in [1.807, 2.05) is 0 Å². The van der Waals surface area contributed by atoms with Gasteiger partial charge in [0.1, 0.15) is 10.1 Å². The minimum absolute atomic E-state index is 0.0404. The van der Waals surface area contributed by atoms with Crippen molar-refractivity contribution in [3.8, 4) is 0 Å². The molecule has 2 aliphatic rings. The third-order valence-corrected chi connectivity index (χ3v) is 6.08. The molecule has 3 rings (SSSR count). The van der Waals surface area contributed by atoms with Crippen LogP contribution < -0.4 is 5.32 Å². The zero-order valence-electron chi connectivity index (χ0n) is 17.7. The van der Waals surface area contributed by atoms with Crippen LogP contribution in [0.2, 0.25) is 0 Å². The van der Waals surface area contributed by atoms with Crippen LogP contribution >= 0.6 is 23.1 Å². The molecule has 0 bridgehead atoms. The highest BCUT2D eigenvalue weighted by Gasteiger charge is 2.49. The largest absolute Gasteiger partial charge is 0.445 e. The first-order valence-corrected chi connectivity index (χ1v) is 11.1. The summed E-state index contributed by atoms with van der Waals surface area (Å²) in [6.45, 7) is 7.97. The van der Waals surface area contributed by atoms with Gasteiger partial charge in [-0.05, 0) is 12.3 Å². The number of carbonyl (C=O) groups is 3. The Morgan fingerprint density at radius 2 is 1.97 bits per heavy atom. The smallest absolute Gasteiger partial charge is 0.300 e. The summed E-state index contributed by atoms with van der Waals surface area (Å²) in [5, 5.41) is 12.1. The Morgan fingerprint density at radius 3 is 2.57 bits per heavy atom. The van der Waals surface area contributed by atoms with Crippen molar-refractivity contribution in [1.29, 1.82) is 0 Å². The van der Waals surface area contributed by atoms with Gasteiger partial charge in [0.05, 0.1) is 19.8 Å². The van der Waals surface area contributed by atoms with Crippen LogP contribution in [0.4, 0.5) is 9.93 Å². The van der Waals surface area contributed by atoms with Gasteiger partial charge in [-0.25, -0.2) is 9.79 Å². The molecule has 1 aromatic rings. The number of aromatic nitrogens is 2. The monoisotopic (exact) mass is 450 g/mol. The Balaban J connectivity index is 1.86. The van der Waals surface area contributed by atoms with E-state index in [4.69, 9.17) is 0 Å². The Bertz CT molecular complexity index is 1000. The number of amidine groups is 2. The summed E-state index contributed by atoms with van der Waals surface area (Å²) in [7, 11) is 3.02. The number of thioether (sulfide) groups is 1. The molecule has 1 unspecified atom stereocenters. The number of carbonyl (C=O) groups excluding carboxylic acids is 3. The number of fused-ring (bicyclic) bond motifs is 1. The molecule has 10 nitrogen and oxygen atoms in total. The summed E-state index contributed by atoms with van der Waals surface area (Å²) in [4.78, 5) is 47.7. The molecule has 0 aliphatic carbocycles. The maximum Gasteiger partial charge on any atom is 0.445 e. The van der Waals surface area contributed by atoms with Crippen molar-refractivity contribution in [2.75, 3.05) is 25.2 Å². The van der Waals surface area contributed by atoms with Gasteiger partial charge in [-0.1, -0.05) is 48.9 Å². The minimum Gasteiger partial charge on any atom is -0.300 e. The SMILES string of the molecule is Cc1nnc(NC(=O)CSC2=NC(CC(C)(C)C)=NC3=[N+](C)C(=O)N(C)C(=O)C23)s1. The van der Waals surface area contributed by atoms with Crippen molar-refractivity contribution in [2.24, 2.45) is 21.3 Å². The van der Waals surface area contributed by atoms with E-state index in [2.05, 4.69) is 46.3 Å². The second kappa shape index (κ2) is 8.34. The third-order valence-electron chi connectivity index (χ3n) is 4.30. The molecule has 0 saturated heterocycles. The lowest BCUT2D eigenvalue weighted by molar-refractivity contribution is -0.407. The Hall–Kier alpha value is -2.47. The number of anilines is 1. The molecule has 0 saturated carbocycles. The summed E-state index contributed by atoms with van der Waals surface area (Å²) >= 11 is 2.45. The molecule has 12 heteroatoms. The number of aliphatic imine (C=N–C) groups is 2. The average Bonchev–Trinajstić information content (AvgIpc) is 3.05. The highest BCUT2D eigenvalue weighted by Crippen LogP contribution is 2.28. The number of nitrogens with one attached hydrogen (secondary N) is 1. The van der Waals surface area contributed by atoms with E-state index in [1.54, 1.807) is 14.0 Å². The maximum absolute atomic E-state index is 12.8. The van der Waals surface area contributed by atoms with Crippen molar-refractivity contribution in [1.82, 2.24) is 15.1 Å². The van der Waals surface area contributed by atoms with Gasteiger partial charge in [-0.3, -0.25) is 14.9 Å². The zero-order valence-corrected chi connectivity index (χ0v) is 19.3. The van der Waals surface area contributed by atoms with Crippen LogP contribution in [0.5, 0.6) is 0 Å². The number of imide groups is 1. The first-order chi connectivity index (χ1) is 14.0. The van der Waals surface area contributed by atoms with E-state index in [0.717, 1.165) is 21.7 Å². The van der Waals surface area contributed by atoms with Gasteiger partial charge in [-0.15, -0.1) is 10.2 Å². The van der Waals surface area contributed by atoms with Gasteiger partial charge in [-0.2, -0.15) is 9.48 Å². The molecule has 160 valence electrons. The number of urea groups is 1. The van der Waals surface area contributed by atoms with E-state index in [9.17, 15) is 14.4 Å². The molecule has 0 spiro atoms. The molecular weight excluding hydrogens is 426 g/mol. The molecule has 30 heavy (non-hydrogen) atoms. The molecule has 1 atom stereocenters. The van der Waals surface area contributed by atoms with Gasteiger partial charge >= 0.3 is 11.9 Å². The normalized spacial score (nSPS) is 19.5. The average molecular weight is 451 g/mol. The molecule has 1 aromatic heterocycles. The van der Waals surface area contributed by atoms with E-state index in [-0.39, 0.29) is 17.1 Å². The van der Waals surface area contributed by atoms with Crippen molar-refractivity contribution in [2.45, 2.75) is 34.1 Å². The topological polar surface area (TPSA) is 120 Å². The quantitative estimate of drug-likeness (QED) is 0.701. The fourth-order valence-corrected chi connectivity index (χ4v) is 4.43. The van der Waals surface area contributed by atoms with Crippen LogP contribution in [-0.4, -0.2) is 74.1 Å². The van der Waals surface area contributed by atoms with Crippen LogP contribution in [0.15, 0.2) is 9.98 Å². The van der Waals surface area contributed by atoms with E-state index in [1.165, 1.54) is 23.0 Å². The Kier molecular flexibility index (Phi) is 6.18. The van der Waals surface area contributed by atoms with Crippen molar-refractivity contribution in [3.05, 3.63) is 5.01 Å². The fourth-order valence-electron chi connectivity index (χ4n) is 2.93. The lowest BCUT2D eigenvalue weighted by Gasteiger charge is -2.27. The van der Waals surface area contributed by atoms with E-state index >= 15 is 0 Å². The fraction of sp³-hybridized carbons (Fsp3) is 0.556. The summed E-state index contributed by atoms with van der Waals surface area (Å²) in [6.07, 6.45) is 0.565. The number of aryl methyl sites for hydroxylation is 1. The number of amides is 4. The summed E-state index contributed by atoms with van der Waals surface area (Å²) in [5.74, 6) is -0.561. The van der Waals surface area contributed by atoms with Gasteiger partial charge in [0.15, 0.2) is 5.92 Å². The van der Waals surface area contributed by atoms with Gasteiger partial charge in [0.2, 0.25) is 16.9 Å². The maximum atomic E-state index is 12.8. The van der Waals surface area contributed by atoms with Crippen LogP contribution in [0.1, 0.15) is 32.2 Å². The Morgan fingerprint density at radius 1 is 1.27 bits per heavy atom. The van der Waals surface area contributed by atoms with Crippen molar-refractivity contribution in [3.63, 3.8) is 0 Å². The van der Waals surface area contributed by atoms with Crippen molar-refractivity contribution >= 4 is 62.8 Å². The van der Waals surface area contributed by atoms with Gasteiger partial charge in [0.25, 0.3) is 5.84 Å². The Labute approximate surface area is 182 Å².